The number of hydrogen-bond acceptors (Lipinski definition) is 2. The Morgan fingerprint density at radius 2 is 2.05 bits per heavy atom. The number of nitrogens with one attached hydrogen (secondary N) is 1. The van der Waals surface area contributed by atoms with E-state index in [9.17, 15) is 0 Å². The molecule has 0 radical (unpaired) electrons. The average molecular weight is 342 g/mol. The summed E-state index contributed by atoms with van der Waals surface area (Å²) in [5.74, 6) is 2.93. The van der Waals surface area contributed by atoms with Crippen LogP contribution < -0.4 is 5.32 Å². The Morgan fingerprint density at radius 3 is 2.58 bits per heavy atom. The first-order valence-electron chi connectivity index (χ1n) is 7.71. The van der Waals surface area contributed by atoms with Gasteiger partial charge in [-0.25, -0.2) is 0 Å². The van der Waals surface area contributed by atoms with Gasteiger partial charge in [0.2, 0.25) is 0 Å². The maximum absolute atomic E-state index is 3.84. The smallest absolute Gasteiger partial charge is 0.0460 e. The van der Waals surface area contributed by atoms with Crippen molar-refractivity contribution in [1.82, 2.24) is 5.32 Å². The minimum absolute atomic E-state index is 0.598. The normalized spacial score (nSPS) is 31.0. The van der Waals surface area contributed by atoms with E-state index in [0.717, 1.165) is 24.3 Å². The Morgan fingerprint density at radius 1 is 1.37 bits per heavy atom. The van der Waals surface area contributed by atoms with E-state index in [1.165, 1.54) is 41.5 Å². The molecule has 3 rings (SSSR count). The van der Waals surface area contributed by atoms with Gasteiger partial charge in [0.05, 0.1) is 0 Å². The average Bonchev–Trinajstić information content (AvgIpc) is 3.02. The summed E-state index contributed by atoms with van der Waals surface area (Å²) in [7, 11) is 0. The van der Waals surface area contributed by atoms with Gasteiger partial charge >= 0.3 is 0 Å². The number of thiophene rings is 1. The van der Waals surface area contributed by atoms with Crippen LogP contribution in [-0.2, 0) is 0 Å². The quantitative estimate of drug-likeness (QED) is 0.766. The second-order valence-corrected chi connectivity index (χ2v) is 8.33. The molecule has 2 fully saturated rings. The molecule has 2 aliphatic rings. The first-order valence-corrected chi connectivity index (χ1v) is 9.32. The fourth-order valence-electron chi connectivity index (χ4n) is 3.96. The first-order chi connectivity index (χ1) is 9.22. The maximum atomic E-state index is 3.84. The van der Waals surface area contributed by atoms with E-state index in [1.807, 2.05) is 11.3 Å². The van der Waals surface area contributed by atoms with Crippen molar-refractivity contribution in [3.63, 3.8) is 0 Å². The van der Waals surface area contributed by atoms with Gasteiger partial charge in [-0.3, -0.25) is 0 Å². The zero-order valence-electron chi connectivity index (χ0n) is 11.9. The van der Waals surface area contributed by atoms with Crippen LogP contribution in [0.15, 0.2) is 10.5 Å². The van der Waals surface area contributed by atoms with Gasteiger partial charge in [0.15, 0.2) is 0 Å². The molecule has 2 aliphatic carbocycles. The molecule has 1 N–H and O–H groups in total. The Kier molecular flexibility index (Phi) is 4.35. The highest BCUT2D eigenvalue weighted by molar-refractivity contribution is 9.10. The first kappa shape index (κ1) is 14.1. The maximum Gasteiger partial charge on any atom is 0.0460 e. The molecule has 3 unspecified atom stereocenters. The zero-order valence-corrected chi connectivity index (χ0v) is 14.3. The van der Waals surface area contributed by atoms with Crippen molar-refractivity contribution in [2.75, 3.05) is 6.54 Å². The summed E-state index contributed by atoms with van der Waals surface area (Å²) < 4.78 is 1.33. The third kappa shape index (κ3) is 2.79. The molecule has 0 spiro atoms. The topological polar surface area (TPSA) is 12.0 Å². The summed E-state index contributed by atoms with van der Waals surface area (Å²) in [5.41, 5.74) is 0. The van der Waals surface area contributed by atoms with Crippen LogP contribution in [0.1, 0.15) is 54.8 Å². The minimum Gasteiger partial charge on any atom is -0.309 e. The van der Waals surface area contributed by atoms with Crippen molar-refractivity contribution >= 4 is 27.3 Å². The molecule has 1 nitrogen and oxygen atoms in total. The summed E-state index contributed by atoms with van der Waals surface area (Å²) in [4.78, 5) is 2.97. The third-order valence-electron chi connectivity index (χ3n) is 4.84. The highest BCUT2D eigenvalue weighted by atomic mass is 79.9. The fourth-order valence-corrected chi connectivity index (χ4v) is 5.99. The van der Waals surface area contributed by atoms with Crippen LogP contribution in [0.5, 0.6) is 0 Å². The number of halogens is 1. The number of fused-ring (bicyclic) bond motifs is 1. The Balaban J connectivity index is 1.80. The molecule has 0 bridgehead atoms. The van der Waals surface area contributed by atoms with E-state index >= 15 is 0 Å². The molecule has 106 valence electrons. The molecule has 0 aliphatic heterocycles. The third-order valence-corrected chi connectivity index (χ3v) is 6.89. The van der Waals surface area contributed by atoms with Crippen LogP contribution in [0, 0.1) is 24.7 Å². The summed E-state index contributed by atoms with van der Waals surface area (Å²) >= 11 is 5.75. The van der Waals surface area contributed by atoms with Crippen LogP contribution in [-0.4, -0.2) is 6.54 Å². The highest BCUT2D eigenvalue weighted by Gasteiger charge is 2.54. The van der Waals surface area contributed by atoms with Crippen molar-refractivity contribution < 1.29 is 0 Å². The Bertz CT molecular complexity index is 430. The van der Waals surface area contributed by atoms with Crippen molar-refractivity contribution in [3.8, 4) is 0 Å². The second kappa shape index (κ2) is 5.87. The predicted octanol–water partition coefficient (Wildman–Crippen LogP) is 5.30. The van der Waals surface area contributed by atoms with Crippen molar-refractivity contribution in [2.45, 2.75) is 52.0 Å². The van der Waals surface area contributed by atoms with E-state index < -0.39 is 0 Å². The van der Waals surface area contributed by atoms with Crippen molar-refractivity contribution in [3.05, 3.63) is 20.3 Å². The van der Waals surface area contributed by atoms with Crippen LogP contribution in [0.3, 0.4) is 0 Å². The fraction of sp³-hybridized carbons (Fsp3) is 0.750. The van der Waals surface area contributed by atoms with Crippen LogP contribution in [0.2, 0.25) is 0 Å². The molecule has 0 saturated heterocycles. The lowest BCUT2D eigenvalue weighted by Gasteiger charge is -2.18. The van der Waals surface area contributed by atoms with Gasteiger partial charge in [-0.2, -0.15) is 0 Å². The molecule has 1 heterocycles. The van der Waals surface area contributed by atoms with E-state index in [2.05, 4.69) is 41.2 Å². The molecular formula is C16H24BrNS. The standard InChI is InChI=1S/C16H24BrNS/c1-3-8-18-15(16-13(17)9-10(2)19-16)14-11-6-4-5-7-12(11)14/h9,11-12,14-15,18H,3-8H2,1-2H3. The van der Waals surface area contributed by atoms with Gasteiger partial charge in [-0.05, 0) is 72.5 Å². The number of hydrogen-bond donors (Lipinski definition) is 1. The lowest BCUT2D eigenvalue weighted by molar-refractivity contribution is 0.450. The molecule has 2 saturated carbocycles. The molecule has 0 amide bonds. The van der Waals surface area contributed by atoms with E-state index in [-0.39, 0.29) is 0 Å². The minimum atomic E-state index is 0.598. The molecule has 1 aromatic heterocycles. The summed E-state index contributed by atoms with van der Waals surface area (Å²) in [6.45, 7) is 5.62. The van der Waals surface area contributed by atoms with Gasteiger partial charge in [0.1, 0.15) is 0 Å². The predicted molar refractivity (Wildman–Crippen MR) is 86.7 cm³/mol. The van der Waals surface area contributed by atoms with Crippen molar-refractivity contribution in [1.29, 1.82) is 0 Å². The van der Waals surface area contributed by atoms with Crippen molar-refractivity contribution in [2.24, 2.45) is 17.8 Å². The SMILES string of the molecule is CCCNC(c1sc(C)cc1Br)C1C2CCCCC21. The monoisotopic (exact) mass is 341 g/mol. The van der Waals surface area contributed by atoms with Crippen LogP contribution >= 0.6 is 27.3 Å². The van der Waals surface area contributed by atoms with Gasteiger partial charge in [-0.1, -0.05) is 19.8 Å². The lowest BCUT2D eigenvalue weighted by Crippen LogP contribution is -2.24. The second-order valence-electron chi connectivity index (χ2n) is 6.19. The van der Waals surface area contributed by atoms with Gasteiger partial charge < -0.3 is 5.32 Å². The molecule has 3 atom stereocenters. The molecule has 0 aromatic carbocycles. The molecule has 19 heavy (non-hydrogen) atoms. The Labute approximate surface area is 129 Å². The van der Waals surface area contributed by atoms with E-state index in [0.29, 0.717) is 6.04 Å². The largest absolute Gasteiger partial charge is 0.309 e. The van der Waals surface area contributed by atoms with E-state index in [4.69, 9.17) is 0 Å². The number of aryl methyl sites for hydroxylation is 1. The zero-order chi connectivity index (χ0) is 13.4. The lowest BCUT2D eigenvalue weighted by atomic mass is 10.0. The van der Waals surface area contributed by atoms with Gasteiger partial charge in [0.25, 0.3) is 0 Å². The molecule has 1 aromatic rings. The Hall–Kier alpha value is 0.140. The molecular weight excluding hydrogens is 318 g/mol. The molecule has 3 heteroatoms. The highest BCUT2D eigenvalue weighted by Crippen LogP contribution is 2.61. The summed E-state index contributed by atoms with van der Waals surface area (Å²) in [6, 6.07) is 2.88. The van der Waals surface area contributed by atoms with Gasteiger partial charge in [-0.15, -0.1) is 11.3 Å². The summed E-state index contributed by atoms with van der Waals surface area (Å²) in [5, 5.41) is 3.84. The summed E-state index contributed by atoms with van der Waals surface area (Å²) in [6.07, 6.45) is 7.09. The van der Waals surface area contributed by atoms with E-state index in [1.54, 1.807) is 4.88 Å². The van der Waals surface area contributed by atoms with Crippen LogP contribution in [0.4, 0.5) is 0 Å². The number of rotatable bonds is 5. The van der Waals surface area contributed by atoms with Gasteiger partial charge in [0, 0.05) is 20.3 Å². The van der Waals surface area contributed by atoms with Crippen LogP contribution in [0.25, 0.3) is 0 Å².